The number of aromatic nitrogens is 4. The molecule has 0 fully saturated rings. The van der Waals surface area contributed by atoms with Crippen molar-refractivity contribution in [1.29, 1.82) is 0 Å². The molecule has 0 aliphatic heterocycles. The summed E-state index contributed by atoms with van der Waals surface area (Å²) in [5, 5.41) is 10.0. The number of hydrogen-bond donors (Lipinski definition) is 0. The maximum absolute atomic E-state index is 2.43. The van der Waals surface area contributed by atoms with Gasteiger partial charge in [0.25, 0.3) is 0 Å². The van der Waals surface area contributed by atoms with Crippen LogP contribution in [0.3, 0.4) is 0 Å². The van der Waals surface area contributed by atoms with E-state index < -0.39 is 0 Å². The first-order valence-corrected chi connectivity index (χ1v) is 34.4. The Balaban J connectivity index is 0.000000139. The fourth-order valence-electron chi connectivity index (χ4n) is 15.5. The van der Waals surface area contributed by atoms with Gasteiger partial charge in [0.15, 0.2) is 0 Å². The van der Waals surface area contributed by atoms with Crippen LogP contribution >= 0.6 is 0 Å². The Bertz CT molecular complexity index is 6440. The predicted octanol–water partition coefficient (Wildman–Crippen LogP) is 25.8. The fraction of sp³-hybridized carbons (Fsp3) is 0. The van der Waals surface area contributed by atoms with Crippen LogP contribution in [0.1, 0.15) is 0 Å². The highest BCUT2D eigenvalue weighted by Gasteiger charge is 2.21. The van der Waals surface area contributed by atoms with Gasteiger partial charge in [-0.2, -0.15) is 0 Å². The average molecular weight is 1270 g/mol. The van der Waals surface area contributed by atoms with Gasteiger partial charge in [-0.1, -0.05) is 273 Å². The average Bonchev–Trinajstić information content (AvgIpc) is 1.61. The van der Waals surface area contributed by atoms with Crippen molar-refractivity contribution in [1.82, 2.24) is 18.3 Å². The van der Waals surface area contributed by atoms with E-state index in [9.17, 15) is 0 Å². The van der Waals surface area contributed by atoms with Gasteiger partial charge in [0.2, 0.25) is 0 Å². The van der Waals surface area contributed by atoms with Crippen molar-refractivity contribution >= 4 is 87.2 Å². The first kappa shape index (κ1) is 58.1. The number of fused-ring (bicyclic) bond motifs is 12. The molecule has 20 rings (SSSR count). The molecule has 16 aromatic carbocycles. The third kappa shape index (κ3) is 10.00. The summed E-state index contributed by atoms with van der Waals surface area (Å²) in [6, 6.07) is 141. The zero-order chi connectivity index (χ0) is 66.0. The summed E-state index contributed by atoms with van der Waals surface area (Å²) in [6.45, 7) is 0. The van der Waals surface area contributed by atoms with Crippen molar-refractivity contribution in [2.24, 2.45) is 0 Å². The van der Waals surface area contributed by atoms with E-state index in [1.807, 2.05) is 0 Å². The summed E-state index contributed by atoms with van der Waals surface area (Å²) in [5.74, 6) is 0. The smallest absolute Gasteiger partial charge is 0.0619 e. The van der Waals surface area contributed by atoms with Crippen LogP contribution < -0.4 is 0 Å². The molecule has 468 valence electrons. The molecule has 0 spiro atoms. The fourth-order valence-corrected chi connectivity index (χ4v) is 15.5. The normalized spacial score (nSPS) is 11.6. The van der Waals surface area contributed by atoms with Gasteiger partial charge in [0, 0.05) is 71.4 Å². The van der Waals surface area contributed by atoms with Crippen LogP contribution in [0.2, 0.25) is 0 Å². The molecular weight excluding hydrogens is 1210 g/mol. The zero-order valence-corrected chi connectivity index (χ0v) is 54.7. The Morgan fingerprint density at radius 1 is 0.130 bits per heavy atom. The molecule has 0 atom stereocenters. The second kappa shape index (κ2) is 24.4. The van der Waals surface area contributed by atoms with Crippen molar-refractivity contribution in [2.45, 2.75) is 0 Å². The van der Waals surface area contributed by atoms with Crippen molar-refractivity contribution in [3.05, 3.63) is 388 Å². The molecule has 0 unspecified atom stereocenters. The summed E-state index contributed by atoms with van der Waals surface area (Å²) in [5.41, 5.74) is 29.0. The minimum atomic E-state index is 1.16. The number of rotatable bonds is 10. The minimum Gasteiger partial charge on any atom is -0.309 e. The van der Waals surface area contributed by atoms with Gasteiger partial charge in [0.05, 0.1) is 44.1 Å². The second-order valence-electron chi connectivity index (χ2n) is 26.0. The molecule has 0 saturated carbocycles. The van der Waals surface area contributed by atoms with Gasteiger partial charge >= 0.3 is 0 Å². The van der Waals surface area contributed by atoms with Crippen LogP contribution in [-0.4, -0.2) is 18.3 Å². The quantitative estimate of drug-likeness (QED) is 0.130. The molecule has 0 radical (unpaired) electrons. The van der Waals surface area contributed by atoms with Gasteiger partial charge in [-0.25, -0.2) is 0 Å². The van der Waals surface area contributed by atoms with E-state index in [0.717, 1.165) is 22.7 Å². The van der Waals surface area contributed by atoms with Crippen molar-refractivity contribution in [3.63, 3.8) is 0 Å². The lowest BCUT2D eigenvalue weighted by molar-refractivity contribution is 1.18. The van der Waals surface area contributed by atoms with Crippen LogP contribution in [0.4, 0.5) is 0 Å². The van der Waals surface area contributed by atoms with Crippen molar-refractivity contribution in [2.75, 3.05) is 0 Å². The highest BCUT2D eigenvalue weighted by Crippen LogP contribution is 2.44. The molecule has 0 aliphatic rings. The first-order valence-electron chi connectivity index (χ1n) is 34.4. The number of benzene rings is 16. The van der Waals surface area contributed by atoms with E-state index in [1.54, 1.807) is 0 Å². The zero-order valence-electron chi connectivity index (χ0n) is 54.7. The monoisotopic (exact) mass is 1270 g/mol. The number of hydrogen-bond acceptors (Lipinski definition) is 0. The number of para-hydroxylation sites is 5. The van der Waals surface area contributed by atoms with Gasteiger partial charge in [0.1, 0.15) is 0 Å². The van der Waals surface area contributed by atoms with E-state index >= 15 is 0 Å². The van der Waals surface area contributed by atoms with Crippen molar-refractivity contribution < 1.29 is 0 Å². The van der Waals surface area contributed by atoms with Crippen LogP contribution in [0, 0.1) is 0 Å². The topological polar surface area (TPSA) is 19.7 Å². The highest BCUT2D eigenvalue weighted by molar-refractivity contribution is 6.17. The molecule has 4 heteroatoms. The molecule has 20 aromatic rings. The molecule has 0 N–H and O–H groups in total. The Kier molecular flexibility index (Phi) is 14.2. The largest absolute Gasteiger partial charge is 0.309 e. The van der Waals surface area contributed by atoms with Crippen LogP contribution in [0.15, 0.2) is 388 Å². The molecule has 0 saturated heterocycles. The molecule has 0 bridgehead atoms. The second-order valence-corrected chi connectivity index (χ2v) is 26.0. The van der Waals surface area contributed by atoms with Crippen molar-refractivity contribution in [3.8, 4) is 89.5 Å². The summed E-state index contributed by atoms with van der Waals surface area (Å²) >= 11 is 0. The third-order valence-corrected chi connectivity index (χ3v) is 20.3. The minimum absolute atomic E-state index is 1.16. The summed E-state index contributed by atoms with van der Waals surface area (Å²) in [6.07, 6.45) is 0. The Hall–Kier alpha value is -13.3. The molecule has 0 aliphatic carbocycles. The molecular formula is C96H64N4. The summed E-state index contributed by atoms with van der Waals surface area (Å²) < 4.78 is 9.62. The van der Waals surface area contributed by atoms with Crippen LogP contribution in [0.25, 0.3) is 177 Å². The maximum Gasteiger partial charge on any atom is 0.0619 e. The van der Waals surface area contributed by atoms with E-state index in [0.29, 0.717) is 0 Å². The van der Waals surface area contributed by atoms with Crippen LogP contribution in [-0.2, 0) is 0 Å². The van der Waals surface area contributed by atoms with Gasteiger partial charge in [-0.3, -0.25) is 0 Å². The molecule has 100 heavy (non-hydrogen) atoms. The van der Waals surface area contributed by atoms with Gasteiger partial charge in [-0.05, 0) is 176 Å². The standard InChI is InChI=1S/2C48H32N2/c1-4-13-33(14-5-1)34-23-27-39(28-24-34)49-45-22-11-10-19-41(45)43-31-36(25-29-46(43)49)37-26-30-47-44(32-37)42-21-12-20-40(35-15-6-2-7-16-35)48(42)50(47)38-17-8-3-9-18-38;1-4-12-33(13-5-1)35-20-25-40(26-21-35)49-45-19-11-10-18-41(45)43-30-36(23-28-46(43)49)37-24-29-47-44(31-37)42-27-22-38(34-14-6-2-7-15-34)32-48(42)50(47)39-16-8-3-9-17-39/h2*1-32H. The number of nitrogens with zero attached hydrogens (tertiary/aromatic N) is 4. The Morgan fingerprint density at radius 3 is 0.840 bits per heavy atom. The van der Waals surface area contributed by atoms with Gasteiger partial charge < -0.3 is 18.3 Å². The highest BCUT2D eigenvalue weighted by atomic mass is 15.0. The van der Waals surface area contributed by atoms with E-state index in [-0.39, 0.29) is 0 Å². The molecule has 4 heterocycles. The maximum atomic E-state index is 2.43. The first-order chi connectivity index (χ1) is 49.6. The molecule has 0 amide bonds. The SMILES string of the molecule is c1ccc(-c2ccc(-n3c4ccccc4c4cc(-c5ccc6c(c5)c5ccc(-c7ccccc7)cc5n6-c5ccccc5)ccc43)cc2)cc1.c1ccc(-c2ccc(-n3c4ccccc4c4cc(-c5ccc6c(c5)c5cccc(-c7ccccc7)c5n6-c5ccccc5)ccc43)cc2)cc1. The van der Waals surface area contributed by atoms with Crippen LogP contribution in [0.5, 0.6) is 0 Å². The predicted molar refractivity (Wildman–Crippen MR) is 423 cm³/mol. The lowest BCUT2D eigenvalue weighted by Crippen LogP contribution is -1.95. The summed E-state index contributed by atoms with van der Waals surface area (Å²) in [7, 11) is 0. The third-order valence-electron chi connectivity index (χ3n) is 20.3. The lowest BCUT2D eigenvalue weighted by Gasteiger charge is -2.12. The Morgan fingerprint density at radius 2 is 0.400 bits per heavy atom. The van der Waals surface area contributed by atoms with Gasteiger partial charge in [-0.15, -0.1) is 0 Å². The van der Waals surface area contributed by atoms with E-state index in [2.05, 4.69) is 407 Å². The molecule has 4 aromatic heterocycles. The lowest BCUT2D eigenvalue weighted by atomic mass is 9.99. The Labute approximate surface area is 579 Å². The van der Waals surface area contributed by atoms with E-state index in [1.165, 1.54) is 154 Å². The summed E-state index contributed by atoms with van der Waals surface area (Å²) in [4.78, 5) is 0. The van der Waals surface area contributed by atoms with E-state index in [4.69, 9.17) is 0 Å². The molecule has 4 nitrogen and oxygen atoms in total.